The second-order valence-corrected chi connectivity index (χ2v) is 8.40. The highest BCUT2D eigenvalue weighted by Gasteiger charge is 2.42. The van der Waals surface area contributed by atoms with Crippen LogP contribution in [0.1, 0.15) is 39.2 Å². The fourth-order valence-electron chi connectivity index (χ4n) is 4.25. The molecule has 1 amide bonds. The molecule has 30 heavy (non-hydrogen) atoms. The van der Waals surface area contributed by atoms with Crippen LogP contribution < -0.4 is 17.0 Å². The van der Waals surface area contributed by atoms with Gasteiger partial charge in [-0.2, -0.15) is 0 Å². The number of imidazole rings is 1. The average Bonchev–Trinajstić information content (AvgIpc) is 3.06. The first-order chi connectivity index (χ1) is 14.0. The molecule has 0 saturated carbocycles. The summed E-state index contributed by atoms with van der Waals surface area (Å²) in [5.74, 6) is -0.316. The summed E-state index contributed by atoms with van der Waals surface area (Å²) in [5.41, 5.74) is 3.83. The van der Waals surface area contributed by atoms with Crippen LogP contribution in [0, 0.1) is 0 Å². The Balaban J connectivity index is 2.14. The number of likely N-dealkylation sites (tertiary alicyclic amines) is 1. The van der Waals surface area contributed by atoms with Gasteiger partial charge < -0.3 is 25.4 Å². The van der Waals surface area contributed by atoms with Crippen LogP contribution in [-0.4, -0.2) is 70.5 Å². The van der Waals surface area contributed by atoms with Crippen molar-refractivity contribution in [3.8, 4) is 0 Å². The number of amides is 1. The van der Waals surface area contributed by atoms with Crippen LogP contribution in [0.3, 0.4) is 0 Å². The number of aryl methyl sites for hydroxylation is 1. The molecule has 1 saturated heterocycles. The molecular weight excluding hydrogens is 392 g/mol. The van der Waals surface area contributed by atoms with E-state index in [9.17, 15) is 24.6 Å². The number of carbonyl (C=O) groups excluding carboxylic acids is 1. The molecular formula is C19H30N6O5. The van der Waals surface area contributed by atoms with Crippen LogP contribution >= 0.6 is 0 Å². The van der Waals surface area contributed by atoms with Gasteiger partial charge in [0.05, 0.1) is 30.1 Å². The number of aliphatic hydroxyl groups excluding tert-OH is 1. The summed E-state index contributed by atoms with van der Waals surface area (Å²) in [6, 6.07) is -1.48. The number of fused-ring (bicyclic) bond motifs is 1. The zero-order valence-corrected chi connectivity index (χ0v) is 17.8. The quantitative estimate of drug-likeness (QED) is 0.540. The van der Waals surface area contributed by atoms with Gasteiger partial charge in [-0.15, -0.1) is 0 Å². The van der Waals surface area contributed by atoms with E-state index in [1.807, 2.05) is 6.92 Å². The Morgan fingerprint density at radius 3 is 2.63 bits per heavy atom. The normalized spacial score (nSPS) is 26.0. The molecule has 166 valence electrons. The van der Waals surface area contributed by atoms with E-state index in [1.54, 1.807) is 6.92 Å². The van der Waals surface area contributed by atoms with Crippen LogP contribution in [0.2, 0.25) is 0 Å². The molecule has 2 aromatic heterocycles. The van der Waals surface area contributed by atoms with Crippen molar-refractivity contribution in [1.29, 1.82) is 0 Å². The number of carbonyl (C=O) groups is 1. The van der Waals surface area contributed by atoms with Gasteiger partial charge in [-0.3, -0.25) is 18.7 Å². The summed E-state index contributed by atoms with van der Waals surface area (Å²) in [5, 5.41) is 21.6. The van der Waals surface area contributed by atoms with Crippen molar-refractivity contribution in [1.82, 2.24) is 23.6 Å². The zero-order chi connectivity index (χ0) is 22.4. The molecule has 4 atom stereocenters. The van der Waals surface area contributed by atoms with Crippen molar-refractivity contribution in [2.45, 2.75) is 56.9 Å². The van der Waals surface area contributed by atoms with Gasteiger partial charge in [0, 0.05) is 33.6 Å². The molecule has 1 aliphatic rings. The highest BCUT2D eigenvalue weighted by Crippen LogP contribution is 2.33. The molecule has 0 bridgehead atoms. The predicted molar refractivity (Wildman–Crippen MR) is 110 cm³/mol. The Morgan fingerprint density at radius 1 is 1.33 bits per heavy atom. The Labute approximate surface area is 173 Å². The third-order valence-electron chi connectivity index (χ3n) is 5.93. The number of aromatic nitrogens is 4. The zero-order valence-electron chi connectivity index (χ0n) is 17.8. The lowest BCUT2D eigenvalue weighted by atomic mass is 9.91. The standard InChI is InChI=1S/C19H30N6O5/c1-5-6-12(20)16(27)24-8-11(26)7-19(2,30)13(9-24)25-10-21-15-14(25)17(28)23(4)18(29)22(15)3/h10-13,26,30H,5-9,20H2,1-4H3/t11-,12+,13+,19+/m1/s1. The Hall–Kier alpha value is -2.50. The van der Waals surface area contributed by atoms with E-state index >= 15 is 0 Å². The number of rotatable bonds is 4. The van der Waals surface area contributed by atoms with Gasteiger partial charge in [-0.25, -0.2) is 9.78 Å². The molecule has 0 spiro atoms. The lowest BCUT2D eigenvalue weighted by Crippen LogP contribution is -2.48. The lowest BCUT2D eigenvalue weighted by molar-refractivity contribution is -0.134. The monoisotopic (exact) mass is 422 g/mol. The topological polar surface area (TPSA) is 149 Å². The van der Waals surface area contributed by atoms with Crippen molar-refractivity contribution < 1.29 is 15.0 Å². The fourth-order valence-corrected chi connectivity index (χ4v) is 4.25. The highest BCUT2D eigenvalue weighted by molar-refractivity contribution is 5.81. The second kappa shape index (κ2) is 7.97. The number of nitrogens with two attached hydrogens (primary N) is 1. The summed E-state index contributed by atoms with van der Waals surface area (Å²) < 4.78 is 3.73. The van der Waals surface area contributed by atoms with E-state index in [4.69, 9.17) is 5.73 Å². The van der Waals surface area contributed by atoms with Gasteiger partial charge in [0.1, 0.15) is 0 Å². The maximum atomic E-state index is 12.9. The Bertz CT molecular complexity index is 1070. The van der Waals surface area contributed by atoms with Gasteiger partial charge >= 0.3 is 5.69 Å². The first-order valence-electron chi connectivity index (χ1n) is 10.1. The first-order valence-corrected chi connectivity index (χ1v) is 10.1. The number of hydrogen-bond acceptors (Lipinski definition) is 7. The molecule has 1 aliphatic heterocycles. The maximum absolute atomic E-state index is 12.9. The molecule has 3 heterocycles. The maximum Gasteiger partial charge on any atom is 0.332 e. The van der Waals surface area contributed by atoms with Crippen molar-refractivity contribution in [3.05, 3.63) is 27.2 Å². The minimum Gasteiger partial charge on any atom is -0.391 e. The Morgan fingerprint density at radius 2 is 2.00 bits per heavy atom. The molecule has 0 unspecified atom stereocenters. The van der Waals surface area contributed by atoms with Gasteiger partial charge in [0.25, 0.3) is 5.56 Å². The number of β-amino-alcohol motifs (C(OH)–C–C–N with tert-alkyl or cyclic N) is 1. The number of aliphatic hydroxyl groups is 2. The van der Waals surface area contributed by atoms with Crippen molar-refractivity contribution in [2.24, 2.45) is 19.8 Å². The molecule has 2 aromatic rings. The van der Waals surface area contributed by atoms with Crippen molar-refractivity contribution >= 4 is 17.1 Å². The van der Waals surface area contributed by atoms with Gasteiger partial charge in [-0.05, 0) is 13.3 Å². The van der Waals surface area contributed by atoms with Gasteiger partial charge in [-0.1, -0.05) is 13.3 Å². The third kappa shape index (κ3) is 3.68. The van der Waals surface area contributed by atoms with Gasteiger partial charge in [0.15, 0.2) is 11.2 Å². The molecule has 11 nitrogen and oxygen atoms in total. The minimum absolute atomic E-state index is 0.00375. The lowest BCUT2D eigenvalue weighted by Gasteiger charge is -2.34. The van der Waals surface area contributed by atoms with E-state index in [0.717, 1.165) is 11.0 Å². The third-order valence-corrected chi connectivity index (χ3v) is 5.93. The molecule has 3 rings (SSSR count). The molecule has 11 heteroatoms. The van der Waals surface area contributed by atoms with E-state index in [0.29, 0.717) is 6.42 Å². The van der Waals surface area contributed by atoms with Crippen molar-refractivity contribution in [3.63, 3.8) is 0 Å². The largest absolute Gasteiger partial charge is 0.391 e. The minimum atomic E-state index is -1.45. The summed E-state index contributed by atoms with van der Waals surface area (Å²) >= 11 is 0. The average molecular weight is 422 g/mol. The van der Waals surface area contributed by atoms with E-state index in [-0.39, 0.29) is 36.6 Å². The van der Waals surface area contributed by atoms with E-state index in [2.05, 4.69) is 4.98 Å². The highest BCUT2D eigenvalue weighted by atomic mass is 16.3. The Kier molecular flexibility index (Phi) is 5.89. The molecule has 1 fully saturated rings. The fraction of sp³-hybridized carbons (Fsp3) is 0.684. The van der Waals surface area contributed by atoms with E-state index in [1.165, 1.54) is 34.5 Å². The van der Waals surface area contributed by atoms with Crippen molar-refractivity contribution in [2.75, 3.05) is 13.1 Å². The van der Waals surface area contributed by atoms with Crippen LogP contribution in [-0.2, 0) is 18.9 Å². The predicted octanol–water partition coefficient (Wildman–Crippen LogP) is -1.55. The SMILES string of the molecule is CCC[C@H](N)C(=O)N1C[C@H](O)C[C@](C)(O)[C@@H](n2cnc3c2c(=O)n(C)c(=O)n3C)C1. The van der Waals surface area contributed by atoms with Crippen LogP contribution in [0.15, 0.2) is 15.9 Å². The van der Waals surface area contributed by atoms with Crippen LogP contribution in [0.4, 0.5) is 0 Å². The molecule has 4 N–H and O–H groups in total. The van der Waals surface area contributed by atoms with E-state index < -0.39 is 35.0 Å². The number of hydrogen-bond donors (Lipinski definition) is 3. The van der Waals surface area contributed by atoms with Crippen LogP contribution in [0.5, 0.6) is 0 Å². The molecule has 0 aliphatic carbocycles. The summed E-state index contributed by atoms with van der Waals surface area (Å²) in [7, 11) is 2.88. The molecule has 0 radical (unpaired) electrons. The summed E-state index contributed by atoms with van der Waals surface area (Å²) in [6.07, 6.45) is 1.67. The molecule has 0 aromatic carbocycles. The second-order valence-electron chi connectivity index (χ2n) is 8.40. The first kappa shape index (κ1) is 22.2. The van der Waals surface area contributed by atoms with Gasteiger partial charge in [0.2, 0.25) is 5.91 Å². The van der Waals surface area contributed by atoms with Crippen LogP contribution in [0.25, 0.3) is 11.2 Å². The summed E-state index contributed by atoms with van der Waals surface area (Å²) in [4.78, 5) is 43.6. The number of nitrogens with zero attached hydrogens (tertiary/aromatic N) is 5. The summed E-state index contributed by atoms with van der Waals surface area (Å²) in [6.45, 7) is 3.55. The smallest absolute Gasteiger partial charge is 0.332 e.